The van der Waals surface area contributed by atoms with Gasteiger partial charge in [0.2, 0.25) is 0 Å². The zero-order valence-corrected chi connectivity index (χ0v) is 18.3. The predicted octanol–water partition coefficient (Wildman–Crippen LogP) is 6.52. The number of allylic oxidation sites excluding steroid dienone is 2. The van der Waals surface area contributed by atoms with Gasteiger partial charge in [-0.2, -0.15) is 0 Å². The lowest BCUT2D eigenvalue weighted by atomic mass is 9.44. The first-order valence-electron chi connectivity index (χ1n) is 11.3. The van der Waals surface area contributed by atoms with Crippen LogP contribution < -0.4 is 0 Å². The van der Waals surface area contributed by atoms with Gasteiger partial charge in [-0.25, -0.2) is 0 Å². The van der Waals surface area contributed by atoms with Crippen molar-refractivity contribution in [3.05, 3.63) is 35.1 Å². The molecule has 4 aliphatic rings. The Morgan fingerprint density at radius 3 is 2.64 bits per heavy atom. The van der Waals surface area contributed by atoms with E-state index >= 15 is 0 Å². The summed E-state index contributed by atoms with van der Waals surface area (Å²) in [5.74, 6) is 3.10. The van der Waals surface area contributed by atoms with Gasteiger partial charge >= 0.3 is 0 Å². The second kappa shape index (κ2) is 6.32. The number of fused-ring (bicyclic) bond motifs is 5. The number of rotatable bonds is 1. The van der Waals surface area contributed by atoms with Crippen molar-refractivity contribution >= 4 is 17.2 Å². The van der Waals surface area contributed by atoms with Gasteiger partial charge in [-0.3, -0.25) is 4.98 Å². The van der Waals surface area contributed by atoms with Crippen LogP contribution in [0.15, 0.2) is 24.5 Å². The molecule has 2 nitrogen and oxygen atoms in total. The van der Waals surface area contributed by atoms with Crippen LogP contribution in [0.4, 0.5) is 0 Å². The van der Waals surface area contributed by atoms with Gasteiger partial charge < -0.3 is 5.11 Å². The van der Waals surface area contributed by atoms with E-state index in [1.54, 1.807) is 6.20 Å². The average Bonchev–Trinajstić information content (AvgIpc) is 2.99. The topological polar surface area (TPSA) is 33.1 Å². The van der Waals surface area contributed by atoms with Gasteiger partial charge in [-0.1, -0.05) is 31.5 Å². The number of aromatic nitrogens is 1. The fourth-order valence-corrected chi connectivity index (χ4v) is 8.18. The van der Waals surface area contributed by atoms with Gasteiger partial charge in [-0.05, 0) is 110 Å². The minimum absolute atomic E-state index is 0.261. The van der Waals surface area contributed by atoms with E-state index in [1.807, 2.05) is 6.20 Å². The number of nitrogens with zero attached hydrogens (tertiary/aromatic N) is 1. The van der Waals surface area contributed by atoms with Crippen molar-refractivity contribution in [3.63, 3.8) is 0 Å². The number of aliphatic hydroxyl groups is 1. The summed E-state index contributed by atoms with van der Waals surface area (Å²) in [6.07, 6.45) is 15.9. The van der Waals surface area contributed by atoms with E-state index in [0.29, 0.717) is 11.3 Å². The second-order valence-electron chi connectivity index (χ2n) is 11.1. The Hall–Kier alpha value is -0.860. The highest BCUT2D eigenvalue weighted by molar-refractivity contribution is 6.30. The third-order valence-electron chi connectivity index (χ3n) is 9.55. The molecule has 3 heteroatoms. The largest absolute Gasteiger partial charge is 0.390 e. The molecule has 4 aliphatic carbocycles. The van der Waals surface area contributed by atoms with E-state index in [2.05, 4.69) is 37.9 Å². The summed E-state index contributed by atoms with van der Waals surface area (Å²) in [5.41, 5.74) is 2.96. The van der Waals surface area contributed by atoms with Crippen molar-refractivity contribution in [1.29, 1.82) is 0 Å². The van der Waals surface area contributed by atoms with Gasteiger partial charge in [0.05, 0.1) is 10.6 Å². The Morgan fingerprint density at radius 1 is 1.04 bits per heavy atom. The molecule has 28 heavy (non-hydrogen) atoms. The summed E-state index contributed by atoms with van der Waals surface area (Å²) >= 11 is 6.26. The number of hydrogen-bond donors (Lipinski definition) is 1. The first kappa shape index (κ1) is 19.1. The molecule has 0 spiro atoms. The molecule has 0 saturated heterocycles. The molecule has 0 radical (unpaired) electrons. The highest BCUT2D eigenvalue weighted by Crippen LogP contribution is 2.68. The van der Waals surface area contributed by atoms with Crippen molar-refractivity contribution in [2.75, 3.05) is 0 Å². The lowest BCUT2D eigenvalue weighted by Crippen LogP contribution is -2.55. The molecule has 0 aliphatic heterocycles. The molecule has 1 heterocycles. The van der Waals surface area contributed by atoms with Crippen LogP contribution in [0.3, 0.4) is 0 Å². The molecule has 0 aromatic carbocycles. The van der Waals surface area contributed by atoms with Gasteiger partial charge in [0.25, 0.3) is 0 Å². The molecule has 3 fully saturated rings. The summed E-state index contributed by atoms with van der Waals surface area (Å²) in [6.45, 7) is 7.13. The average molecular weight is 400 g/mol. The molecule has 4 unspecified atom stereocenters. The molecule has 3 saturated carbocycles. The van der Waals surface area contributed by atoms with Crippen LogP contribution in [0, 0.1) is 34.5 Å². The van der Waals surface area contributed by atoms with Crippen molar-refractivity contribution in [1.82, 2.24) is 4.98 Å². The lowest BCUT2D eigenvalue weighted by molar-refractivity contribution is -0.138. The second-order valence-corrected chi connectivity index (χ2v) is 11.5. The van der Waals surface area contributed by atoms with Crippen LogP contribution in [0.1, 0.15) is 77.7 Å². The highest BCUT2D eigenvalue weighted by atomic mass is 35.5. The van der Waals surface area contributed by atoms with Crippen molar-refractivity contribution in [2.24, 2.45) is 34.5 Å². The van der Waals surface area contributed by atoms with E-state index in [0.717, 1.165) is 35.6 Å². The molecule has 1 N–H and O–H groups in total. The van der Waals surface area contributed by atoms with Gasteiger partial charge in [-0.15, -0.1) is 0 Å². The molecule has 152 valence electrons. The molecule has 0 bridgehead atoms. The molecule has 1 aromatic heterocycles. The van der Waals surface area contributed by atoms with E-state index < -0.39 is 5.60 Å². The minimum Gasteiger partial charge on any atom is -0.390 e. The first-order chi connectivity index (χ1) is 13.2. The maximum absolute atomic E-state index is 10.7. The molecule has 7 atom stereocenters. The highest BCUT2D eigenvalue weighted by Gasteiger charge is 2.59. The van der Waals surface area contributed by atoms with Crippen LogP contribution in [0.25, 0.3) is 5.57 Å². The predicted molar refractivity (Wildman–Crippen MR) is 115 cm³/mol. The third kappa shape index (κ3) is 2.74. The third-order valence-corrected chi connectivity index (χ3v) is 9.76. The van der Waals surface area contributed by atoms with E-state index in [9.17, 15) is 5.11 Å². The molecule has 0 amide bonds. The summed E-state index contributed by atoms with van der Waals surface area (Å²) in [7, 11) is 0. The van der Waals surface area contributed by atoms with Crippen LogP contribution in [0.5, 0.6) is 0 Å². The van der Waals surface area contributed by atoms with Crippen LogP contribution >= 0.6 is 11.6 Å². The number of hydrogen-bond acceptors (Lipinski definition) is 2. The number of halogens is 1. The van der Waals surface area contributed by atoms with Crippen LogP contribution in [-0.2, 0) is 0 Å². The standard InChI is InChI=1S/C25H34ClNO/c1-23(28)10-11-24(2)17(13-23)4-5-19-21-7-6-20(16-12-18(26)15-27-14-16)25(21,3)9-8-22(19)24/h6,12,14-15,17,19,21-22,28H,4-5,7-11,13H2,1-3H3/t17?,19?,21?,22?,23-,24+,25-/m1/s1. The van der Waals surface area contributed by atoms with E-state index in [1.165, 1.54) is 49.7 Å². The molecular formula is C25H34ClNO. The SMILES string of the molecule is C[C@@]1(O)CC[C@@]2(C)C(CCC3C2CC[C@]2(C)C(c4cncc(Cl)c4)=CCC32)C1. The Balaban J connectivity index is 1.43. The smallest absolute Gasteiger partial charge is 0.0622 e. The zero-order chi connectivity index (χ0) is 19.7. The normalized spacial score (nSPS) is 47.7. The quantitative estimate of drug-likeness (QED) is 0.582. The zero-order valence-electron chi connectivity index (χ0n) is 17.5. The van der Waals surface area contributed by atoms with Gasteiger partial charge in [0.1, 0.15) is 0 Å². The summed E-state index contributed by atoms with van der Waals surface area (Å²) in [4.78, 5) is 4.36. The minimum atomic E-state index is -0.443. The Labute approximate surface area is 174 Å². The Bertz CT molecular complexity index is 817. The Morgan fingerprint density at radius 2 is 1.86 bits per heavy atom. The fraction of sp³-hybridized carbons (Fsp3) is 0.720. The fourth-order valence-electron chi connectivity index (χ4n) is 8.01. The van der Waals surface area contributed by atoms with Gasteiger partial charge in [0, 0.05) is 12.4 Å². The first-order valence-corrected chi connectivity index (χ1v) is 11.6. The molecular weight excluding hydrogens is 366 g/mol. The van der Waals surface area contributed by atoms with Crippen LogP contribution in [-0.4, -0.2) is 15.7 Å². The summed E-state index contributed by atoms with van der Waals surface area (Å²) < 4.78 is 0. The molecule has 5 rings (SSSR count). The summed E-state index contributed by atoms with van der Waals surface area (Å²) in [5, 5.41) is 11.4. The number of pyridine rings is 1. The summed E-state index contributed by atoms with van der Waals surface area (Å²) in [6, 6.07) is 2.10. The van der Waals surface area contributed by atoms with Gasteiger partial charge in [0.15, 0.2) is 0 Å². The Kier molecular flexibility index (Phi) is 4.31. The lowest BCUT2D eigenvalue weighted by Gasteiger charge is -2.61. The van der Waals surface area contributed by atoms with Crippen molar-refractivity contribution < 1.29 is 5.11 Å². The molecule has 1 aromatic rings. The van der Waals surface area contributed by atoms with Crippen LogP contribution in [0.2, 0.25) is 5.02 Å². The maximum atomic E-state index is 10.7. The van der Waals surface area contributed by atoms with Crippen molar-refractivity contribution in [3.8, 4) is 0 Å². The monoisotopic (exact) mass is 399 g/mol. The van der Waals surface area contributed by atoms with E-state index in [-0.39, 0.29) is 5.41 Å². The van der Waals surface area contributed by atoms with Crippen molar-refractivity contribution in [2.45, 2.75) is 77.7 Å². The maximum Gasteiger partial charge on any atom is 0.0622 e. The van der Waals surface area contributed by atoms with E-state index in [4.69, 9.17) is 11.6 Å².